The van der Waals surface area contributed by atoms with Crippen molar-refractivity contribution in [3.63, 3.8) is 0 Å². The molecule has 39 heavy (non-hydrogen) atoms. The van der Waals surface area contributed by atoms with Gasteiger partial charge in [0.15, 0.2) is 0 Å². The van der Waals surface area contributed by atoms with Crippen LogP contribution >= 0.6 is 34.5 Å². The number of esters is 1. The predicted octanol–water partition coefficient (Wildman–Crippen LogP) is 3.22. The summed E-state index contributed by atoms with van der Waals surface area (Å²) in [6, 6.07) is 9.91. The number of hydrogen-bond donors (Lipinski definition) is 0. The van der Waals surface area contributed by atoms with Crippen LogP contribution in [0, 0.1) is 0 Å². The van der Waals surface area contributed by atoms with Gasteiger partial charge in [0, 0.05) is 36.5 Å². The summed E-state index contributed by atoms with van der Waals surface area (Å²) in [6.07, 6.45) is 0.558. The highest BCUT2D eigenvalue weighted by Gasteiger charge is 2.43. The Morgan fingerprint density at radius 2 is 1.95 bits per heavy atom. The van der Waals surface area contributed by atoms with Gasteiger partial charge in [-0.3, -0.25) is 19.2 Å². The van der Waals surface area contributed by atoms with Crippen LogP contribution in [0.4, 0.5) is 0 Å². The molecule has 3 amide bonds. The van der Waals surface area contributed by atoms with E-state index in [0.717, 1.165) is 10.4 Å². The molecule has 1 fully saturated rings. The van der Waals surface area contributed by atoms with Crippen molar-refractivity contribution >= 4 is 58.2 Å². The molecule has 212 valence electrons. The van der Waals surface area contributed by atoms with Crippen LogP contribution in [0.1, 0.15) is 23.8 Å². The molecule has 0 radical (unpaired) electrons. The summed E-state index contributed by atoms with van der Waals surface area (Å²) in [5.74, 6) is -1.73. The molecule has 2 aromatic rings. The van der Waals surface area contributed by atoms with Gasteiger partial charge in [0.2, 0.25) is 17.7 Å². The van der Waals surface area contributed by atoms with Gasteiger partial charge >= 0.3 is 5.97 Å². The van der Waals surface area contributed by atoms with Crippen LogP contribution in [0.15, 0.2) is 41.8 Å². The number of hydrogen-bond acceptors (Lipinski definition) is 7. The maximum atomic E-state index is 13.8. The number of rotatable bonds is 14. The Balaban J connectivity index is 1.81. The second-order valence-corrected chi connectivity index (χ2v) is 11.0. The number of halogens is 2. The number of alkyl halides is 1. The zero-order chi connectivity index (χ0) is 28.4. The fourth-order valence-corrected chi connectivity index (χ4v) is 5.46. The molecule has 2 heterocycles. The van der Waals surface area contributed by atoms with E-state index in [9.17, 15) is 19.2 Å². The summed E-state index contributed by atoms with van der Waals surface area (Å²) in [5, 5.41) is 2.52. The highest BCUT2D eigenvalue weighted by Crippen LogP contribution is 2.24. The number of ether oxygens (including phenoxy) is 2. The molecule has 3 rings (SSSR count). The zero-order valence-electron chi connectivity index (χ0n) is 22.0. The van der Waals surface area contributed by atoms with Gasteiger partial charge in [-0.2, -0.15) is 0 Å². The Kier molecular flexibility index (Phi) is 12.0. The van der Waals surface area contributed by atoms with Crippen molar-refractivity contribution in [2.75, 3.05) is 46.5 Å². The minimum absolute atomic E-state index is 0.136. The van der Waals surface area contributed by atoms with Crippen molar-refractivity contribution < 1.29 is 28.7 Å². The lowest BCUT2D eigenvalue weighted by Crippen LogP contribution is -2.63. The van der Waals surface area contributed by atoms with E-state index < -0.39 is 29.3 Å². The number of thiophene rings is 1. The van der Waals surface area contributed by atoms with Gasteiger partial charge in [-0.25, -0.2) is 0 Å². The molecule has 1 aliphatic heterocycles. The van der Waals surface area contributed by atoms with Crippen LogP contribution in [0.2, 0.25) is 5.02 Å². The Labute approximate surface area is 242 Å². The largest absolute Gasteiger partial charge is 0.465 e. The van der Waals surface area contributed by atoms with E-state index >= 15 is 0 Å². The highest BCUT2D eigenvalue weighted by molar-refractivity contribution is 7.09. The molecular weight excluding hydrogens is 565 g/mol. The van der Waals surface area contributed by atoms with E-state index in [1.165, 1.54) is 21.8 Å². The third kappa shape index (κ3) is 8.93. The number of carbonyl (C=O) groups excluding carboxylic acids is 4. The van der Waals surface area contributed by atoms with E-state index in [4.69, 9.17) is 32.7 Å². The first-order valence-corrected chi connectivity index (χ1v) is 14.4. The molecule has 0 spiro atoms. The lowest BCUT2D eigenvalue weighted by atomic mass is 10.0. The topological polar surface area (TPSA) is 96.5 Å². The van der Waals surface area contributed by atoms with Crippen LogP contribution in [-0.4, -0.2) is 96.4 Å². The molecule has 1 aromatic heterocycles. The summed E-state index contributed by atoms with van der Waals surface area (Å²) in [5.41, 5.74) is 0.0522. The molecule has 0 saturated carbocycles. The molecule has 0 bridgehead atoms. The Morgan fingerprint density at radius 3 is 2.59 bits per heavy atom. The Bertz CT molecular complexity index is 1120. The maximum absolute atomic E-state index is 13.8. The van der Waals surface area contributed by atoms with E-state index in [2.05, 4.69) is 0 Å². The lowest BCUT2D eigenvalue weighted by Gasteiger charge is -2.42. The van der Waals surface area contributed by atoms with Crippen molar-refractivity contribution in [2.24, 2.45) is 0 Å². The standard InChI is InChI=1S/C27H33Cl2N3O6S/c1-3-38-26(35)18-30(12-13-37-2)24(33)16-22-27(36)32(23(29)15-19-6-8-20(28)9-7-19)17-25(34)31(22)11-10-21-5-4-14-39-21/h4-9,14,22-23H,3,10-13,15-18H2,1-2H3. The predicted molar refractivity (Wildman–Crippen MR) is 150 cm³/mol. The van der Waals surface area contributed by atoms with Crippen LogP contribution in [0.5, 0.6) is 0 Å². The second kappa shape index (κ2) is 15.2. The van der Waals surface area contributed by atoms with Crippen molar-refractivity contribution in [3.05, 3.63) is 57.2 Å². The number of benzene rings is 1. The Morgan fingerprint density at radius 1 is 1.21 bits per heavy atom. The summed E-state index contributed by atoms with van der Waals surface area (Å²) >= 11 is 14.2. The molecule has 9 nitrogen and oxygen atoms in total. The first-order chi connectivity index (χ1) is 18.7. The fourth-order valence-electron chi connectivity index (χ4n) is 4.29. The summed E-state index contributed by atoms with van der Waals surface area (Å²) in [7, 11) is 1.49. The molecule has 0 N–H and O–H groups in total. The van der Waals surface area contributed by atoms with E-state index in [0.29, 0.717) is 17.9 Å². The normalized spacial score (nSPS) is 16.4. The van der Waals surface area contributed by atoms with Crippen molar-refractivity contribution in [2.45, 2.75) is 37.7 Å². The highest BCUT2D eigenvalue weighted by atomic mass is 35.5. The molecule has 1 aromatic carbocycles. The number of amides is 3. The molecular formula is C27H33Cl2N3O6S. The first kappa shape index (κ1) is 30.9. The second-order valence-electron chi connectivity index (χ2n) is 8.98. The third-order valence-electron chi connectivity index (χ3n) is 6.32. The number of methoxy groups -OCH3 is 1. The van der Waals surface area contributed by atoms with Crippen molar-refractivity contribution in [1.82, 2.24) is 14.7 Å². The van der Waals surface area contributed by atoms with E-state index in [1.54, 1.807) is 30.4 Å². The van der Waals surface area contributed by atoms with Crippen LogP contribution in [0.25, 0.3) is 0 Å². The zero-order valence-corrected chi connectivity index (χ0v) is 24.3. The van der Waals surface area contributed by atoms with Crippen LogP contribution in [-0.2, 0) is 41.5 Å². The average molecular weight is 599 g/mol. The van der Waals surface area contributed by atoms with Gasteiger partial charge in [0.25, 0.3) is 0 Å². The number of carbonyl (C=O) groups is 4. The van der Waals surface area contributed by atoms with Gasteiger partial charge < -0.3 is 24.2 Å². The minimum Gasteiger partial charge on any atom is -0.465 e. The average Bonchev–Trinajstić information content (AvgIpc) is 3.43. The number of nitrogens with zero attached hydrogens (tertiary/aromatic N) is 3. The Hall–Kier alpha value is -2.66. The molecule has 1 saturated heterocycles. The molecule has 2 unspecified atom stereocenters. The quantitative estimate of drug-likeness (QED) is 0.188. The first-order valence-electron chi connectivity index (χ1n) is 12.7. The maximum Gasteiger partial charge on any atom is 0.325 e. The molecule has 12 heteroatoms. The van der Waals surface area contributed by atoms with E-state index in [-0.39, 0.29) is 51.7 Å². The fraction of sp³-hybridized carbons (Fsp3) is 0.481. The van der Waals surface area contributed by atoms with Crippen LogP contribution in [0.3, 0.4) is 0 Å². The smallest absolute Gasteiger partial charge is 0.325 e. The molecule has 2 atom stereocenters. The van der Waals surface area contributed by atoms with E-state index in [1.807, 2.05) is 29.6 Å². The van der Waals surface area contributed by atoms with Crippen LogP contribution < -0.4 is 0 Å². The SMILES string of the molecule is CCOC(=O)CN(CCOC)C(=O)CC1C(=O)N(C(Cl)Cc2ccc(Cl)cc2)CC(=O)N1CCc1cccs1. The van der Waals surface area contributed by atoms with Gasteiger partial charge in [-0.1, -0.05) is 41.4 Å². The van der Waals surface area contributed by atoms with Gasteiger partial charge in [-0.15, -0.1) is 11.3 Å². The number of piperazine rings is 1. The minimum atomic E-state index is -1.06. The van der Waals surface area contributed by atoms with Crippen molar-refractivity contribution in [3.8, 4) is 0 Å². The monoisotopic (exact) mass is 597 g/mol. The molecule has 0 aliphatic carbocycles. The third-order valence-corrected chi connectivity index (χ3v) is 7.89. The lowest BCUT2D eigenvalue weighted by molar-refractivity contribution is -0.159. The summed E-state index contributed by atoms with van der Waals surface area (Å²) in [6.45, 7) is 1.99. The van der Waals surface area contributed by atoms with Gasteiger partial charge in [-0.05, 0) is 42.5 Å². The summed E-state index contributed by atoms with van der Waals surface area (Å²) in [4.78, 5) is 57.8. The molecule has 1 aliphatic rings. The van der Waals surface area contributed by atoms with Crippen molar-refractivity contribution in [1.29, 1.82) is 0 Å². The van der Waals surface area contributed by atoms with Gasteiger partial charge in [0.1, 0.15) is 24.6 Å². The summed E-state index contributed by atoms with van der Waals surface area (Å²) < 4.78 is 10.1. The van der Waals surface area contributed by atoms with Gasteiger partial charge in [0.05, 0.1) is 19.6 Å².